The van der Waals surface area contributed by atoms with Gasteiger partial charge in [-0.05, 0) is 36.2 Å². The molecule has 8 heteroatoms. The van der Waals surface area contributed by atoms with Crippen molar-refractivity contribution in [3.8, 4) is 17.2 Å². The summed E-state index contributed by atoms with van der Waals surface area (Å²) in [6.45, 7) is 4.85. The van der Waals surface area contributed by atoms with E-state index in [9.17, 15) is 4.79 Å². The van der Waals surface area contributed by atoms with Crippen LogP contribution < -0.4 is 24.4 Å². The molecule has 1 aliphatic heterocycles. The summed E-state index contributed by atoms with van der Waals surface area (Å²) in [5.41, 5.74) is 1.72. The van der Waals surface area contributed by atoms with Crippen LogP contribution in [-0.4, -0.2) is 58.0 Å². The van der Waals surface area contributed by atoms with Gasteiger partial charge in [0.25, 0.3) is 0 Å². The van der Waals surface area contributed by atoms with Gasteiger partial charge in [0.1, 0.15) is 5.82 Å². The smallest absolute Gasteiger partial charge is 0.224 e. The molecule has 0 radical (unpaired) electrons. The van der Waals surface area contributed by atoms with E-state index < -0.39 is 0 Å². The Bertz CT molecular complexity index is 831. The van der Waals surface area contributed by atoms with Crippen molar-refractivity contribution in [1.82, 2.24) is 10.3 Å². The molecule has 30 heavy (non-hydrogen) atoms. The number of anilines is 1. The molecule has 0 saturated carbocycles. The summed E-state index contributed by atoms with van der Waals surface area (Å²) in [6, 6.07) is 7.53. The number of nitrogens with one attached hydrogen (secondary N) is 1. The number of methoxy groups -OCH3 is 3. The Balaban J connectivity index is 1.57. The van der Waals surface area contributed by atoms with E-state index in [1.807, 2.05) is 12.1 Å². The van der Waals surface area contributed by atoms with Gasteiger partial charge >= 0.3 is 0 Å². The highest BCUT2D eigenvalue weighted by atomic mass is 16.5. The van der Waals surface area contributed by atoms with E-state index in [1.54, 1.807) is 39.7 Å². The summed E-state index contributed by atoms with van der Waals surface area (Å²) in [6.07, 6.45) is 2.21. The van der Waals surface area contributed by atoms with Gasteiger partial charge in [-0.25, -0.2) is 4.98 Å². The quantitative estimate of drug-likeness (QED) is 0.708. The first-order valence-corrected chi connectivity index (χ1v) is 9.91. The SMILES string of the molecule is COc1cc(CC(=O)NCc2ccc(N3CCO[C@@H](C)C3)nc2)cc(OC)c1OC. The number of aromatic nitrogens is 1. The molecule has 0 aliphatic carbocycles. The molecule has 2 heterocycles. The van der Waals surface area contributed by atoms with Crippen molar-refractivity contribution in [2.45, 2.75) is 26.0 Å². The van der Waals surface area contributed by atoms with Gasteiger partial charge in [-0.3, -0.25) is 4.79 Å². The fraction of sp³-hybridized carbons (Fsp3) is 0.455. The van der Waals surface area contributed by atoms with Gasteiger partial charge in [-0.1, -0.05) is 6.07 Å². The van der Waals surface area contributed by atoms with E-state index in [2.05, 4.69) is 22.1 Å². The zero-order valence-electron chi connectivity index (χ0n) is 17.9. The summed E-state index contributed by atoms with van der Waals surface area (Å²) >= 11 is 0. The fourth-order valence-electron chi connectivity index (χ4n) is 3.42. The predicted molar refractivity (Wildman–Crippen MR) is 114 cm³/mol. The molecule has 1 aromatic carbocycles. The molecule has 3 rings (SSSR count). The van der Waals surface area contributed by atoms with Crippen LogP contribution in [0.25, 0.3) is 0 Å². The average Bonchev–Trinajstić information content (AvgIpc) is 2.77. The minimum Gasteiger partial charge on any atom is -0.493 e. The van der Waals surface area contributed by atoms with Crippen LogP contribution in [0.15, 0.2) is 30.5 Å². The highest BCUT2D eigenvalue weighted by Gasteiger charge is 2.18. The molecule has 1 atom stereocenters. The second-order valence-electron chi connectivity index (χ2n) is 7.14. The van der Waals surface area contributed by atoms with Crippen molar-refractivity contribution in [3.05, 3.63) is 41.6 Å². The molecule has 0 bridgehead atoms. The number of nitrogens with zero attached hydrogens (tertiary/aromatic N) is 2. The third-order valence-corrected chi connectivity index (χ3v) is 4.95. The van der Waals surface area contributed by atoms with E-state index in [0.29, 0.717) is 30.4 Å². The summed E-state index contributed by atoms with van der Waals surface area (Å²) in [5.74, 6) is 2.38. The van der Waals surface area contributed by atoms with Gasteiger partial charge in [-0.2, -0.15) is 0 Å². The molecule has 2 aromatic rings. The number of carbonyl (C=O) groups is 1. The molecule has 1 aromatic heterocycles. The topological polar surface area (TPSA) is 82.2 Å². The number of hydrogen-bond acceptors (Lipinski definition) is 7. The third kappa shape index (κ3) is 5.33. The van der Waals surface area contributed by atoms with Gasteiger partial charge in [0.05, 0.1) is 40.5 Å². The first-order chi connectivity index (χ1) is 14.5. The van der Waals surface area contributed by atoms with Crippen LogP contribution >= 0.6 is 0 Å². The Hall–Kier alpha value is -3.00. The number of benzene rings is 1. The maximum atomic E-state index is 12.4. The van der Waals surface area contributed by atoms with Crippen LogP contribution in [0, 0.1) is 0 Å². The lowest BCUT2D eigenvalue weighted by atomic mass is 10.1. The number of carbonyl (C=O) groups excluding carboxylic acids is 1. The van der Waals surface area contributed by atoms with Crippen LogP contribution in [0.2, 0.25) is 0 Å². The molecule has 0 unspecified atom stereocenters. The van der Waals surface area contributed by atoms with E-state index in [1.165, 1.54) is 0 Å². The molecular weight excluding hydrogens is 386 g/mol. The molecule has 1 saturated heterocycles. The Morgan fingerprint density at radius 1 is 1.17 bits per heavy atom. The monoisotopic (exact) mass is 415 g/mol. The highest BCUT2D eigenvalue weighted by Crippen LogP contribution is 2.38. The number of ether oxygens (including phenoxy) is 4. The average molecular weight is 415 g/mol. The van der Waals surface area contributed by atoms with Crippen molar-refractivity contribution in [1.29, 1.82) is 0 Å². The Morgan fingerprint density at radius 2 is 1.90 bits per heavy atom. The van der Waals surface area contributed by atoms with E-state index in [0.717, 1.165) is 30.0 Å². The second kappa shape index (κ2) is 10.2. The third-order valence-electron chi connectivity index (χ3n) is 4.95. The number of morpholine rings is 1. The molecule has 1 fully saturated rings. The van der Waals surface area contributed by atoms with Crippen LogP contribution in [-0.2, 0) is 22.5 Å². The Morgan fingerprint density at radius 3 is 2.47 bits per heavy atom. The lowest BCUT2D eigenvalue weighted by Gasteiger charge is -2.32. The van der Waals surface area contributed by atoms with Gasteiger partial charge in [-0.15, -0.1) is 0 Å². The van der Waals surface area contributed by atoms with Crippen LogP contribution in [0.1, 0.15) is 18.1 Å². The van der Waals surface area contributed by atoms with Gasteiger partial charge in [0, 0.05) is 25.8 Å². The van der Waals surface area contributed by atoms with E-state index in [4.69, 9.17) is 18.9 Å². The summed E-state index contributed by atoms with van der Waals surface area (Å²) in [7, 11) is 4.65. The number of rotatable bonds is 8. The lowest BCUT2D eigenvalue weighted by molar-refractivity contribution is -0.120. The minimum atomic E-state index is -0.102. The molecule has 1 amide bonds. The summed E-state index contributed by atoms with van der Waals surface area (Å²) < 4.78 is 21.6. The number of hydrogen-bond donors (Lipinski definition) is 1. The van der Waals surface area contributed by atoms with Crippen molar-refractivity contribution in [2.24, 2.45) is 0 Å². The van der Waals surface area contributed by atoms with Crippen molar-refractivity contribution in [2.75, 3.05) is 45.9 Å². The molecule has 1 N–H and O–H groups in total. The largest absolute Gasteiger partial charge is 0.493 e. The van der Waals surface area contributed by atoms with Crippen molar-refractivity contribution in [3.63, 3.8) is 0 Å². The number of amides is 1. The molecule has 1 aliphatic rings. The zero-order valence-corrected chi connectivity index (χ0v) is 17.9. The van der Waals surface area contributed by atoms with Crippen molar-refractivity contribution < 1.29 is 23.7 Å². The maximum absolute atomic E-state index is 12.4. The zero-order chi connectivity index (χ0) is 21.5. The van der Waals surface area contributed by atoms with E-state index >= 15 is 0 Å². The van der Waals surface area contributed by atoms with Crippen LogP contribution in [0.5, 0.6) is 17.2 Å². The maximum Gasteiger partial charge on any atom is 0.224 e. The first-order valence-electron chi connectivity index (χ1n) is 9.91. The number of pyridine rings is 1. The highest BCUT2D eigenvalue weighted by molar-refractivity contribution is 5.79. The van der Waals surface area contributed by atoms with Gasteiger partial charge in [0.15, 0.2) is 11.5 Å². The standard InChI is InChI=1S/C22H29N3O5/c1-15-14-25(7-8-30-15)20-6-5-16(12-23-20)13-24-21(26)11-17-9-18(27-2)22(29-4)19(10-17)28-3/h5-6,9-10,12,15H,7-8,11,13-14H2,1-4H3,(H,24,26)/t15-/m0/s1. The minimum absolute atomic E-state index is 0.102. The summed E-state index contributed by atoms with van der Waals surface area (Å²) in [4.78, 5) is 19.2. The Labute approximate surface area is 177 Å². The lowest BCUT2D eigenvalue weighted by Crippen LogP contribution is -2.41. The Kier molecular flexibility index (Phi) is 7.35. The van der Waals surface area contributed by atoms with Crippen LogP contribution in [0.3, 0.4) is 0 Å². The van der Waals surface area contributed by atoms with Gasteiger partial charge < -0.3 is 29.2 Å². The van der Waals surface area contributed by atoms with Crippen LogP contribution in [0.4, 0.5) is 5.82 Å². The molecule has 8 nitrogen and oxygen atoms in total. The molecular formula is C22H29N3O5. The van der Waals surface area contributed by atoms with Crippen molar-refractivity contribution >= 4 is 11.7 Å². The van der Waals surface area contributed by atoms with E-state index in [-0.39, 0.29) is 18.4 Å². The molecule has 162 valence electrons. The molecule has 0 spiro atoms. The van der Waals surface area contributed by atoms with Gasteiger partial charge in [0.2, 0.25) is 11.7 Å². The second-order valence-corrected chi connectivity index (χ2v) is 7.14. The normalized spacial score (nSPS) is 16.1. The fourth-order valence-corrected chi connectivity index (χ4v) is 3.42. The predicted octanol–water partition coefficient (Wildman–Crippen LogP) is 2.19. The first kappa shape index (κ1) is 21.7. The summed E-state index contributed by atoms with van der Waals surface area (Å²) in [5, 5.41) is 2.93.